The Balaban J connectivity index is 1.40. The summed E-state index contributed by atoms with van der Waals surface area (Å²) in [4.78, 5) is 27.5. The van der Waals surface area contributed by atoms with Gasteiger partial charge in [-0.1, -0.05) is 42.5 Å². The van der Waals surface area contributed by atoms with Gasteiger partial charge in [0.25, 0.3) is 0 Å². The van der Waals surface area contributed by atoms with Crippen molar-refractivity contribution < 1.29 is 54.4 Å². The number of benzene rings is 3. The van der Waals surface area contributed by atoms with Crippen LogP contribution in [0.15, 0.2) is 48.5 Å². The average Bonchev–Trinajstić information content (AvgIpc) is 3.05. The first-order chi connectivity index (χ1) is 22.0. The SMILES string of the molecule is COc1cccc2c1C(=O)c1c(O)c3c(c(O)c1C2=O)C[C@@](O)(C(O)CO)C[C@@H]3O[C@H]1C[C@H](NCc2ccccc2)[C@H](O)[C@H](C)O1. The summed E-state index contributed by atoms with van der Waals surface area (Å²) in [5.74, 6) is -2.64. The number of fused-ring (bicyclic) bond motifs is 3. The van der Waals surface area contributed by atoms with Gasteiger partial charge in [-0.05, 0) is 18.6 Å². The van der Waals surface area contributed by atoms with Gasteiger partial charge in [-0.15, -0.1) is 0 Å². The van der Waals surface area contributed by atoms with E-state index in [-0.39, 0.29) is 40.8 Å². The minimum absolute atomic E-state index is 0.0297. The number of ketones is 2. The lowest BCUT2D eigenvalue weighted by Gasteiger charge is -2.44. The molecule has 0 radical (unpaired) electrons. The van der Waals surface area contributed by atoms with Gasteiger partial charge < -0.3 is 50.2 Å². The third-order valence-corrected chi connectivity index (χ3v) is 9.33. The first kappa shape index (κ1) is 32.1. The smallest absolute Gasteiger partial charge is 0.202 e. The van der Waals surface area contributed by atoms with Crippen molar-refractivity contribution in [1.82, 2.24) is 5.32 Å². The summed E-state index contributed by atoms with van der Waals surface area (Å²) in [6.45, 7) is 1.31. The maximum atomic E-state index is 13.9. The summed E-state index contributed by atoms with van der Waals surface area (Å²) in [7, 11) is 1.34. The lowest BCUT2D eigenvalue weighted by atomic mass is 9.71. The third-order valence-electron chi connectivity index (χ3n) is 9.33. The summed E-state index contributed by atoms with van der Waals surface area (Å²) < 4.78 is 17.6. The van der Waals surface area contributed by atoms with E-state index in [0.717, 1.165) is 5.56 Å². The van der Waals surface area contributed by atoms with Crippen molar-refractivity contribution in [3.8, 4) is 17.2 Å². The molecule has 1 unspecified atom stereocenters. The lowest BCUT2D eigenvalue weighted by Crippen LogP contribution is -2.54. The van der Waals surface area contributed by atoms with Gasteiger partial charge in [0.1, 0.15) is 23.4 Å². The van der Waals surface area contributed by atoms with Gasteiger partial charge in [-0.3, -0.25) is 9.59 Å². The summed E-state index contributed by atoms with van der Waals surface area (Å²) in [6, 6.07) is 13.6. The maximum Gasteiger partial charge on any atom is 0.202 e. The fourth-order valence-corrected chi connectivity index (χ4v) is 6.86. The van der Waals surface area contributed by atoms with E-state index in [0.29, 0.717) is 6.54 Å². The molecule has 1 aliphatic heterocycles. The Labute approximate surface area is 264 Å². The Bertz CT molecular complexity index is 1660. The molecule has 1 saturated heterocycles. The molecule has 7 atom stereocenters. The van der Waals surface area contributed by atoms with Crippen LogP contribution in [0.3, 0.4) is 0 Å². The molecule has 6 rings (SSSR count). The Morgan fingerprint density at radius 1 is 1.02 bits per heavy atom. The molecule has 1 heterocycles. The lowest BCUT2D eigenvalue weighted by molar-refractivity contribution is -0.254. The highest BCUT2D eigenvalue weighted by molar-refractivity contribution is 6.31. The predicted octanol–water partition coefficient (Wildman–Crippen LogP) is 1.62. The van der Waals surface area contributed by atoms with E-state index < -0.39 is 89.6 Å². The highest BCUT2D eigenvalue weighted by atomic mass is 16.7. The fourth-order valence-electron chi connectivity index (χ4n) is 6.86. The Kier molecular flexibility index (Phi) is 8.63. The van der Waals surface area contributed by atoms with Gasteiger partial charge in [0.2, 0.25) is 5.78 Å². The number of aliphatic hydroxyl groups excluding tert-OH is 3. The van der Waals surface area contributed by atoms with Gasteiger partial charge in [-0.2, -0.15) is 0 Å². The van der Waals surface area contributed by atoms with Crippen molar-refractivity contribution in [3.63, 3.8) is 0 Å². The number of carbonyl (C=O) groups excluding carboxylic acids is 2. The second kappa shape index (κ2) is 12.4. The van der Waals surface area contributed by atoms with Crippen molar-refractivity contribution in [2.24, 2.45) is 0 Å². The number of ether oxygens (including phenoxy) is 3. The molecule has 12 nitrogen and oxygen atoms in total. The molecule has 1 fully saturated rings. The zero-order valence-corrected chi connectivity index (χ0v) is 25.3. The number of hydrogen-bond acceptors (Lipinski definition) is 12. The maximum absolute atomic E-state index is 13.9. The second-order valence-corrected chi connectivity index (χ2v) is 12.2. The van der Waals surface area contributed by atoms with Crippen LogP contribution in [0, 0.1) is 0 Å². The van der Waals surface area contributed by atoms with E-state index in [9.17, 15) is 40.2 Å². The summed E-state index contributed by atoms with van der Waals surface area (Å²) in [6.07, 6.45) is -6.24. The fraction of sp³-hybridized carbons (Fsp3) is 0.412. The minimum Gasteiger partial charge on any atom is -0.507 e. The van der Waals surface area contributed by atoms with Crippen LogP contribution >= 0.6 is 0 Å². The van der Waals surface area contributed by atoms with Crippen LogP contribution in [0.1, 0.15) is 74.4 Å². The van der Waals surface area contributed by atoms with E-state index in [1.54, 1.807) is 6.92 Å². The van der Waals surface area contributed by atoms with Crippen LogP contribution in [0.4, 0.5) is 0 Å². The van der Waals surface area contributed by atoms with Gasteiger partial charge in [0.05, 0.1) is 54.3 Å². The molecule has 12 heteroatoms. The number of methoxy groups -OCH3 is 1. The minimum atomic E-state index is -2.06. The van der Waals surface area contributed by atoms with E-state index in [2.05, 4.69) is 5.32 Å². The standard InChI is InChI=1S/C34H37NO11/c1-16-29(38)20(35-14-17-7-4-3-5-8-17)11-24(45-16)46-22-13-34(43,23(37)15-36)12-19-26(22)33(42)28-27(31(19)40)30(39)18-9-6-10-21(44-2)25(18)32(28)41/h3-10,16,20,22-24,29,35-38,40,42-43H,11-15H2,1-2H3/t16-,20-,22-,23?,24-,29+,34-/m0/s1. The molecule has 0 aromatic heterocycles. The Hall–Kier alpha value is -3.88. The van der Waals surface area contributed by atoms with Crippen molar-refractivity contribution in [2.45, 2.75) is 75.1 Å². The van der Waals surface area contributed by atoms with Crippen LogP contribution in [-0.4, -0.2) is 92.2 Å². The first-order valence-electron chi connectivity index (χ1n) is 15.1. The second-order valence-electron chi connectivity index (χ2n) is 12.2. The monoisotopic (exact) mass is 635 g/mol. The number of phenols is 2. The molecular formula is C34H37NO11. The molecule has 2 aliphatic carbocycles. The largest absolute Gasteiger partial charge is 0.507 e. The van der Waals surface area contributed by atoms with Crippen LogP contribution in [0.25, 0.3) is 0 Å². The van der Waals surface area contributed by atoms with Crippen LogP contribution in [0.2, 0.25) is 0 Å². The molecule has 0 amide bonds. The Morgan fingerprint density at radius 3 is 2.43 bits per heavy atom. The molecule has 3 aliphatic rings. The number of nitrogens with one attached hydrogen (secondary N) is 1. The third kappa shape index (κ3) is 5.35. The van der Waals surface area contributed by atoms with E-state index in [1.165, 1.54) is 25.3 Å². The number of aliphatic hydroxyl groups is 4. The van der Waals surface area contributed by atoms with Gasteiger partial charge >= 0.3 is 0 Å². The van der Waals surface area contributed by atoms with Gasteiger partial charge in [-0.25, -0.2) is 0 Å². The van der Waals surface area contributed by atoms with Crippen molar-refractivity contribution in [1.29, 1.82) is 0 Å². The molecule has 7 N–H and O–H groups in total. The first-order valence-corrected chi connectivity index (χ1v) is 15.1. The quantitative estimate of drug-likeness (QED) is 0.139. The summed E-state index contributed by atoms with van der Waals surface area (Å²) >= 11 is 0. The van der Waals surface area contributed by atoms with Crippen molar-refractivity contribution >= 4 is 11.6 Å². The molecule has 0 saturated carbocycles. The molecule has 46 heavy (non-hydrogen) atoms. The molecule has 3 aromatic carbocycles. The van der Waals surface area contributed by atoms with Gasteiger partial charge in [0.15, 0.2) is 12.1 Å². The van der Waals surface area contributed by atoms with E-state index in [4.69, 9.17) is 14.2 Å². The molecular weight excluding hydrogens is 598 g/mol. The van der Waals surface area contributed by atoms with Gasteiger partial charge in [0, 0.05) is 48.5 Å². The zero-order valence-electron chi connectivity index (χ0n) is 25.3. The van der Waals surface area contributed by atoms with E-state index in [1.807, 2.05) is 30.3 Å². The summed E-state index contributed by atoms with van der Waals surface area (Å²) in [5, 5.41) is 69.5. The zero-order chi connectivity index (χ0) is 32.9. The molecule has 244 valence electrons. The molecule has 0 spiro atoms. The Morgan fingerprint density at radius 2 is 1.74 bits per heavy atom. The van der Waals surface area contributed by atoms with Crippen LogP contribution in [-0.2, 0) is 22.4 Å². The highest BCUT2D eigenvalue weighted by Crippen LogP contribution is 2.53. The summed E-state index contributed by atoms with van der Waals surface area (Å²) in [5.41, 5.74) is -2.20. The molecule has 0 bridgehead atoms. The number of hydrogen-bond donors (Lipinski definition) is 7. The van der Waals surface area contributed by atoms with E-state index >= 15 is 0 Å². The normalized spacial score (nSPS) is 27.8. The molecule has 3 aromatic rings. The van der Waals surface area contributed by atoms with Crippen LogP contribution < -0.4 is 10.1 Å². The predicted molar refractivity (Wildman–Crippen MR) is 162 cm³/mol. The number of phenolic OH excluding ortho intramolecular Hbond substituents is 2. The average molecular weight is 636 g/mol. The van der Waals surface area contributed by atoms with Crippen molar-refractivity contribution in [2.75, 3.05) is 13.7 Å². The highest BCUT2D eigenvalue weighted by Gasteiger charge is 2.50. The number of rotatable bonds is 8. The van der Waals surface area contributed by atoms with Crippen molar-refractivity contribution in [3.05, 3.63) is 87.5 Å². The topological polar surface area (TPSA) is 195 Å². The number of carbonyl (C=O) groups is 2. The van der Waals surface area contributed by atoms with Crippen LogP contribution in [0.5, 0.6) is 17.2 Å². The number of aromatic hydroxyl groups is 2.